The molecule has 2 rings (SSSR count). The summed E-state index contributed by atoms with van der Waals surface area (Å²) in [6.07, 6.45) is 3.92. The third kappa shape index (κ3) is 2.50. The number of aromatic nitrogens is 2. The van der Waals surface area contributed by atoms with Crippen LogP contribution in [0.5, 0.6) is 0 Å². The van der Waals surface area contributed by atoms with E-state index in [1.165, 1.54) is 6.07 Å². The summed E-state index contributed by atoms with van der Waals surface area (Å²) in [5, 5.41) is 8.76. The number of nitrogens with zero attached hydrogens (tertiary/aromatic N) is 2. The summed E-state index contributed by atoms with van der Waals surface area (Å²) >= 11 is 0. The number of aryl methyl sites for hydroxylation is 1. The van der Waals surface area contributed by atoms with Crippen LogP contribution in [0.4, 0.5) is 8.78 Å². The second-order valence-corrected chi connectivity index (χ2v) is 3.65. The fourth-order valence-corrected chi connectivity index (χ4v) is 1.63. The van der Waals surface area contributed by atoms with E-state index in [2.05, 4.69) is 4.98 Å². The maximum atomic E-state index is 13.1. The van der Waals surface area contributed by atoms with Crippen LogP contribution in [0.25, 0.3) is 11.4 Å². The van der Waals surface area contributed by atoms with Crippen molar-refractivity contribution in [2.75, 3.05) is 6.61 Å². The Labute approximate surface area is 97.3 Å². The van der Waals surface area contributed by atoms with Gasteiger partial charge in [-0.1, -0.05) is 0 Å². The van der Waals surface area contributed by atoms with Gasteiger partial charge in [0.1, 0.15) is 5.82 Å². The summed E-state index contributed by atoms with van der Waals surface area (Å²) in [6, 6.07) is 3.68. The Bertz CT molecular complexity index is 511. The average molecular weight is 238 g/mol. The third-order valence-electron chi connectivity index (χ3n) is 2.45. The van der Waals surface area contributed by atoms with Crippen molar-refractivity contribution in [3.05, 3.63) is 42.2 Å². The molecule has 0 spiro atoms. The predicted molar refractivity (Wildman–Crippen MR) is 59.3 cm³/mol. The van der Waals surface area contributed by atoms with Crippen LogP contribution in [-0.4, -0.2) is 21.3 Å². The van der Waals surface area contributed by atoms with Crippen molar-refractivity contribution in [3.8, 4) is 11.4 Å². The van der Waals surface area contributed by atoms with Crippen molar-refractivity contribution < 1.29 is 13.9 Å². The molecule has 0 aliphatic rings. The Hall–Kier alpha value is -1.75. The van der Waals surface area contributed by atoms with E-state index in [-0.39, 0.29) is 6.61 Å². The number of aliphatic hydroxyl groups is 1. The minimum atomic E-state index is -0.890. The quantitative estimate of drug-likeness (QED) is 0.886. The predicted octanol–water partition coefficient (Wildman–Crippen LogP) is 2.21. The molecule has 0 unspecified atom stereocenters. The van der Waals surface area contributed by atoms with Gasteiger partial charge in [0.2, 0.25) is 0 Å². The van der Waals surface area contributed by atoms with Crippen LogP contribution < -0.4 is 0 Å². The van der Waals surface area contributed by atoms with E-state index in [4.69, 9.17) is 5.11 Å². The molecule has 3 nitrogen and oxygen atoms in total. The Morgan fingerprint density at radius 3 is 2.76 bits per heavy atom. The lowest BCUT2D eigenvalue weighted by Crippen LogP contribution is -2.01. The molecule has 1 N–H and O–H groups in total. The van der Waals surface area contributed by atoms with Gasteiger partial charge in [0.15, 0.2) is 11.6 Å². The standard InChI is InChI=1S/C12H12F2N2O/c13-10-3-2-9(8-11(10)14)12-15-4-6-16(12)5-1-7-17/h2-4,6,8,17H,1,5,7H2. The largest absolute Gasteiger partial charge is 0.396 e. The highest BCUT2D eigenvalue weighted by molar-refractivity contribution is 5.55. The molecule has 1 aromatic carbocycles. The fourth-order valence-electron chi connectivity index (χ4n) is 1.63. The van der Waals surface area contributed by atoms with Crippen LogP contribution in [0.1, 0.15) is 6.42 Å². The number of aliphatic hydroxyl groups excluding tert-OH is 1. The van der Waals surface area contributed by atoms with Gasteiger partial charge in [-0.15, -0.1) is 0 Å². The number of halogens is 2. The number of rotatable bonds is 4. The molecule has 0 atom stereocenters. The minimum Gasteiger partial charge on any atom is -0.396 e. The van der Waals surface area contributed by atoms with Crippen molar-refractivity contribution in [1.82, 2.24) is 9.55 Å². The summed E-state index contributed by atoms with van der Waals surface area (Å²) in [4.78, 5) is 4.10. The molecule has 0 fully saturated rings. The summed E-state index contributed by atoms with van der Waals surface area (Å²) in [5.41, 5.74) is 0.520. The smallest absolute Gasteiger partial charge is 0.159 e. The number of hydrogen-bond donors (Lipinski definition) is 1. The third-order valence-corrected chi connectivity index (χ3v) is 2.45. The van der Waals surface area contributed by atoms with E-state index in [9.17, 15) is 8.78 Å². The number of benzene rings is 1. The molecule has 1 aromatic heterocycles. The Morgan fingerprint density at radius 2 is 2.06 bits per heavy atom. The zero-order chi connectivity index (χ0) is 12.3. The van der Waals surface area contributed by atoms with Crippen molar-refractivity contribution in [3.63, 3.8) is 0 Å². The molecule has 0 aliphatic heterocycles. The Morgan fingerprint density at radius 1 is 1.24 bits per heavy atom. The van der Waals surface area contributed by atoms with Crippen molar-refractivity contribution in [1.29, 1.82) is 0 Å². The van der Waals surface area contributed by atoms with Crippen LogP contribution in [-0.2, 0) is 6.54 Å². The molecule has 0 bridgehead atoms. The lowest BCUT2D eigenvalue weighted by atomic mass is 10.2. The van der Waals surface area contributed by atoms with E-state index in [0.717, 1.165) is 12.1 Å². The number of hydrogen-bond acceptors (Lipinski definition) is 2. The summed E-state index contributed by atoms with van der Waals surface area (Å²) < 4.78 is 27.7. The first-order valence-corrected chi connectivity index (χ1v) is 5.30. The van der Waals surface area contributed by atoms with Gasteiger partial charge >= 0.3 is 0 Å². The first-order chi connectivity index (χ1) is 8.22. The van der Waals surface area contributed by atoms with Crippen LogP contribution in [0.2, 0.25) is 0 Å². The van der Waals surface area contributed by atoms with Crippen LogP contribution in [0.3, 0.4) is 0 Å². The minimum absolute atomic E-state index is 0.0788. The van der Waals surface area contributed by atoms with Crippen molar-refractivity contribution >= 4 is 0 Å². The van der Waals surface area contributed by atoms with Gasteiger partial charge in [-0.2, -0.15) is 0 Å². The monoisotopic (exact) mass is 238 g/mol. The maximum absolute atomic E-state index is 13.1. The van der Waals surface area contributed by atoms with Crippen molar-refractivity contribution in [2.45, 2.75) is 13.0 Å². The molecular formula is C12H12F2N2O. The van der Waals surface area contributed by atoms with Crippen LogP contribution in [0.15, 0.2) is 30.6 Å². The maximum Gasteiger partial charge on any atom is 0.159 e. The van der Waals surface area contributed by atoms with E-state index in [0.29, 0.717) is 24.4 Å². The lowest BCUT2D eigenvalue weighted by molar-refractivity contribution is 0.280. The van der Waals surface area contributed by atoms with Crippen LogP contribution >= 0.6 is 0 Å². The fraction of sp³-hybridized carbons (Fsp3) is 0.250. The summed E-state index contributed by atoms with van der Waals surface area (Å²) in [7, 11) is 0. The highest BCUT2D eigenvalue weighted by Gasteiger charge is 2.09. The molecule has 0 amide bonds. The van der Waals surface area contributed by atoms with E-state index >= 15 is 0 Å². The SMILES string of the molecule is OCCCn1ccnc1-c1ccc(F)c(F)c1. The van der Waals surface area contributed by atoms with Gasteiger partial charge in [-0.05, 0) is 24.6 Å². The molecule has 17 heavy (non-hydrogen) atoms. The van der Waals surface area contributed by atoms with E-state index in [1.807, 2.05) is 0 Å². The van der Waals surface area contributed by atoms with Gasteiger partial charge in [0.05, 0.1) is 0 Å². The van der Waals surface area contributed by atoms with Gasteiger partial charge < -0.3 is 9.67 Å². The molecule has 2 aromatic rings. The van der Waals surface area contributed by atoms with E-state index < -0.39 is 11.6 Å². The second kappa shape index (κ2) is 5.05. The van der Waals surface area contributed by atoms with Crippen LogP contribution in [0, 0.1) is 11.6 Å². The van der Waals surface area contributed by atoms with Gasteiger partial charge in [-0.25, -0.2) is 13.8 Å². The Balaban J connectivity index is 2.32. The molecule has 0 aliphatic carbocycles. The first-order valence-electron chi connectivity index (χ1n) is 5.30. The second-order valence-electron chi connectivity index (χ2n) is 3.65. The van der Waals surface area contributed by atoms with Gasteiger partial charge in [0.25, 0.3) is 0 Å². The van der Waals surface area contributed by atoms with Gasteiger partial charge in [0, 0.05) is 31.1 Å². The zero-order valence-corrected chi connectivity index (χ0v) is 9.11. The lowest BCUT2D eigenvalue weighted by Gasteiger charge is -2.07. The van der Waals surface area contributed by atoms with E-state index in [1.54, 1.807) is 17.0 Å². The molecule has 0 radical (unpaired) electrons. The molecule has 1 heterocycles. The summed E-state index contributed by atoms with van der Waals surface area (Å²) in [5.74, 6) is -1.20. The van der Waals surface area contributed by atoms with Gasteiger partial charge in [-0.3, -0.25) is 0 Å². The zero-order valence-electron chi connectivity index (χ0n) is 9.11. The molecular weight excluding hydrogens is 226 g/mol. The average Bonchev–Trinajstić information content (AvgIpc) is 2.78. The topological polar surface area (TPSA) is 38.0 Å². The molecule has 5 heteroatoms. The molecule has 90 valence electrons. The first kappa shape index (κ1) is 11.7. The summed E-state index contributed by atoms with van der Waals surface area (Å²) in [6.45, 7) is 0.667. The molecule has 0 saturated heterocycles. The normalized spacial score (nSPS) is 10.8. The highest BCUT2D eigenvalue weighted by Crippen LogP contribution is 2.20. The Kier molecular flexibility index (Phi) is 3.49. The van der Waals surface area contributed by atoms with Crippen molar-refractivity contribution in [2.24, 2.45) is 0 Å². The molecule has 0 saturated carbocycles. The number of imidazole rings is 1. The highest BCUT2D eigenvalue weighted by atomic mass is 19.2.